The van der Waals surface area contributed by atoms with E-state index in [1.165, 1.54) is 23.1 Å². The van der Waals surface area contributed by atoms with Gasteiger partial charge in [-0.05, 0) is 34.1 Å². The summed E-state index contributed by atoms with van der Waals surface area (Å²) < 4.78 is 18.9. The molecule has 0 saturated carbocycles. The van der Waals surface area contributed by atoms with Crippen molar-refractivity contribution in [1.82, 2.24) is 4.90 Å². The van der Waals surface area contributed by atoms with Crippen LogP contribution in [0, 0.1) is 5.82 Å². The molecule has 0 aromatic heterocycles. The van der Waals surface area contributed by atoms with Crippen molar-refractivity contribution in [3.05, 3.63) is 28.5 Å². The van der Waals surface area contributed by atoms with Gasteiger partial charge in [0, 0.05) is 11.0 Å². The number of hydrogen-bond donors (Lipinski definition) is 2. The summed E-state index contributed by atoms with van der Waals surface area (Å²) in [4.78, 5) is 24.5. The molecule has 1 fully saturated rings. The fraction of sp³-hybridized carbons (Fsp3) is 0.385. The Kier molecular flexibility index (Phi) is 5.13. The second-order valence-electron chi connectivity index (χ2n) is 4.57. The lowest BCUT2D eigenvalue weighted by molar-refractivity contribution is -0.139. The van der Waals surface area contributed by atoms with E-state index >= 15 is 0 Å². The summed E-state index contributed by atoms with van der Waals surface area (Å²) in [5.74, 6) is -1.48. The molecule has 1 saturated heterocycles. The van der Waals surface area contributed by atoms with Crippen LogP contribution in [0.1, 0.15) is 6.42 Å². The van der Waals surface area contributed by atoms with Gasteiger partial charge in [0.05, 0.1) is 31.4 Å². The molecule has 0 spiro atoms. The van der Waals surface area contributed by atoms with Gasteiger partial charge in [0.15, 0.2) is 0 Å². The van der Waals surface area contributed by atoms with Crippen molar-refractivity contribution in [3.63, 3.8) is 0 Å². The standard InChI is InChI=1S/C13H14BrFN2O4/c14-10-2-1-8(15)5-11(10)16-13(20)17-3-4-21-7-9(17)6-12(18)19/h1-2,5,9H,3-4,6-7H2,(H,16,20)(H,18,19). The Morgan fingerprint density at radius 1 is 1.52 bits per heavy atom. The first-order chi connectivity index (χ1) is 9.97. The number of carboxylic acids is 1. The van der Waals surface area contributed by atoms with Crippen molar-refractivity contribution in [3.8, 4) is 0 Å². The van der Waals surface area contributed by atoms with Gasteiger partial charge in [-0.1, -0.05) is 0 Å². The Balaban J connectivity index is 2.10. The van der Waals surface area contributed by atoms with Gasteiger partial charge in [-0.15, -0.1) is 0 Å². The van der Waals surface area contributed by atoms with E-state index in [2.05, 4.69) is 21.2 Å². The summed E-state index contributed by atoms with van der Waals surface area (Å²) in [5.41, 5.74) is 0.292. The highest BCUT2D eigenvalue weighted by Gasteiger charge is 2.29. The van der Waals surface area contributed by atoms with Crippen LogP contribution in [0.2, 0.25) is 0 Å². The molecule has 1 unspecified atom stereocenters. The van der Waals surface area contributed by atoms with Gasteiger partial charge in [-0.3, -0.25) is 4.79 Å². The summed E-state index contributed by atoms with van der Waals surface area (Å²) in [6, 6.07) is 2.93. The Hall–Kier alpha value is -1.67. The number of hydrogen-bond acceptors (Lipinski definition) is 3. The van der Waals surface area contributed by atoms with E-state index in [4.69, 9.17) is 9.84 Å². The van der Waals surface area contributed by atoms with Crippen molar-refractivity contribution >= 4 is 33.6 Å². The monoisotopic (exact) mass is 360 g/mol. The SMILES string of the molecule is O=C(O)CC1COCCN1C(=O)Nc1cc(F)ccc1Br. The van der Waals surface area contributed by atoms with Gasteiger partial charge >= 0.3 is 12.0 Å². The maximum atomic E-state index is 13.2. The Bertz CT molecular complexity index is 555. The number of carbonyl (C=O) groups is 2. The zero-order chi connectivity index (χ0) is 15.4. The van der Waals surface area contributed by atoms with Gasteiger partial charge in [-0.25, -0.2) is 9.18 Å². The highest BCUT2D eigenvalue weighted by molar-refractivity contribution is 9.10. The molecule has 21 heavy (non-hydrogen) atoms. The third-order valence-electron chi connectivity index (χ3n) is 3.07. The van der Waals surface area contributed by atoms with E-state index in [-0.39, 0.29) is 19.6 Å². The maximum absolute atomic E-state index is 13.2. The Morgan fingerprint density at radius 2 is 2.29 bits per heavy atom. The number of morpholine rings is 1. The van der Waals surface area contributed by atoms with E-state index in [1.807, 2.05) is 0 Å². The van der Waals surface area contributed by atoms with E-state index < -0.39 is 23.9 Å². The fourth-order valence-electron chi connectivity index (χ4n) is 2.07. The number of ether oxygens (including phenoxy) is 1. The molecule has 0 bridgehead atoms. The number of amides is 2. The molecule has 0 radical (unpaired) electrons. The first-order valence-electron chi connectivity index (χ1n) is 6.29. The average molecular weight is 361 g/mol. The van der Waals surface area contributed by atoms with E-state index in [0.717, 1.165) is 0 Å². The van der Waals surface area contributed by atoms with E-state index in [1.54, 1.807) is 0 Å². The van der Waals surface area contributed by atoms with Crippen LogP contribution >= 0.6 is 15.9 Å². The zero-order valence-electron chi connectivity index (χ0n) is 11.0. The molecular weight excluding hydrogens is 347 g/mol. The lowest BCUT2D eigenvalue weighted by Gasteiger charge is -2.34. The molecule has 114 valence electrons. The van der Waals surface area contributed by atoms with Crippen molar-refractivity contribution in [2.24, 2.45) is 0 Å². The van der Waals surface area contributed by atoms with Crippen molar-refractivity contribution in [1.29, 1.82) is 0 Å². The smallest absolute Gasteiger partial charge is 0.322 e. The predicted octanol–water partition coefficient (Wildman–Crippen LogP) is 2.30. The number of nitrogens with one attached hydrogen (secondary N) is 1. The molecule has 1 aromatic carbocycles. The number of halogens is 2. The molecule has 2 amide bonds. The van der Waals surface area contributed by atoms with Crippen LogP contribution in [0.3, 0.4) is 0 Å². The molecule has 6 nitrogen and oxygen atoms in total. The summed E-state index contributed by atoms with van der Waals surface area (Å²) in [6.45, 7) is 0.800. The molecule has 1 aliphatic rings. The lowest BCUT2D eigenvalue weighted by Crippen LogP contribution is -2.51. The third-order valence-corrected chi connectivity index (χ3v) is 3.76. The topological polar surface area (TPSA) is 78.9 Å². The third kappa shape index (κ3) is 4.15. The fourth-order valence-corrected chi connectivity index (χ4v) is 2.42. The maximum Gasteiger partial charge on any atom is 0.322 e. The van der Waals surface area contributed by atoms with Crippen LogP contribution in [-0.2, 0) is 9.53 Å². The molecule has 2 rings (SSSR count). The molecule has 2 N–H and O–H groups in total. The minimum Gasteiger partial charge on any atom is -0.481 e. The Labute approximate surface area is 129 Å². The number of rotatable bonds is 3. The van der Waals surface area contributed by atoms with Crippen molar-refractivity contribution in [2.75, 3.05) is 25.1 Å². The number of aliphatic carboxylic acids is 1. The highest BCUT2D eigenvalue weighted by atomic mass is 79.9. The quantitative estimate of drug-likeness (QED) is 0.866. The molecular formula is C13H14BrFN2O4. The molecule has 8 heteroatoms. The first-order valence-corrected chi connectivity index (χ1v) is 7.09. The van der Waals surface area contributed by atoms with Gasteiger partial charge in [-0.2, -0.15) is 0 Å². The lowest BCUT2D eigenvalue weighted by atomic mass is 10.1. The van der Waals surface area contributed by atoms with Crippen LogP contribution in [0.4, 0.5) is 14.9 Å². The van der Waals surface area contributed by atoms with E-state index in [9.17, 15) is 14.0 Å². The number of anilines is 1. The van der Waals surface area contributed by atoms with Gasteiger partial charge in [0.25, 0.3) is 0 Å². The summed E-state index contributed by atoms with van der Waals surface area (Å²) in [7, 11) is 0. The van der Waals surface area contributed by atoms with E-state index in [0.29, 0.717) is 16.8 Å². The number of carboxylic acid groups (broad SMARTS) is 1. The van der Waals surface area contributed by atoms with Crippen LogP contribution in [-0.4, -0.2) is 47.8 Å². The van der Waals surface area contributed by atoms with Crippen LogP contribution in [0.25, 0.3) is 0 Å². The van der Waals surface area contributed by atoms with Crippen molar-refractivity contribution < 1.29 is 23.8 Å². The largest absolute Gasteiger partial charge is 0.481 e. The van der Waals surface area contributed by atoms with Gasteiger partial charge < -0.3 is 20.1 Å². The molecule has 1 aromatic rings. The number of benzene rings is 1. The summed E-state index contributed by atoms with van der Waals surface area (Å²) in [6.07, 6.45) is -0.197. The van der Waals surface area contributed by atoms with Crippen LogP contribution in [0.5, 0.6) is 0 Å². The molecule has 1 atom stereocenters. The molecule has 1 heterocycles. The van der Waals surface area contributed by atoms with Crippen LogP contribution < -0.4 is 5.32 Å². The summed E-state index contributed by atoms with van der Waals surface area (Å²) in [5, 5.41) is 11.4. The molecule has 0 aliphatic carbocycles. The second kappa shape index (κ2) is 6.86. The van der Waals surface area contributed by atoms with Crippen LogP contribution in [0.15, 0.2) is 22.7 Å². The summed E-state index contributed by atoms with van der Waals surface area (Å²) >= 11 is 3.22. The number of urea groups is 1. The van der Waals surface area contributed by atoms with Gasteiger partial charge in [0.1, 0.15) is 5.82 Å². The zero-order valence-corrected chi connectivity index (χ0v) is 12.6. The minimum absolute atomic E-state index is 0.171. The first kappa shape index (κ1) is 15.7. The normalized spacial score (nSPS) is 18.4. The number of nitrogens with zero attached hydrogens (tertiary/aromatic N) is 1. The second-order valence-corrected chi connectivity index (χ2v) is 5.43. The van der Waals surface area contributed by atoms with Crippen molar-refractivity contribution in [2.45, 2.75) is 12.5 Å². The predicted molar refractivity (Wildman–Crippen MR) is 76.7 cm³/mol. The molecule has 1 aliphatic heterocycles. The minimum atomic E-state index is -1.00. The average Bonchev–Trinajstić information content (AvgIpc) is 2.42. The Morgan fingerprint density at radius 3 is 3.00 bits per heavy atom. The highest BCUT2D eigenvalue weighted by Crippen LogP contribution is 2.24. The number of carbonyl (C=O) groups excluding carboxylic acids is 1. The van der Waals surface area contributed by atoms with Gasteiger partial charge in [0.2, 0.25) is 0 Å².